The van der Waals surface area contributed by atoms with Gasteiger partial charge in [0.25, 0.3) is 20.0 Å². The predicted octanol–water partition coefficient (Wildman–Crippen LogP) is 4.70. The van der Waals surface area contributed by atoms with Gasteiger partial charge < -0.3 is 0 Å². The Morgan fingerprint density at radius 2 is 1.52 bits per heavy atom. The zero-order valence-corrected chi connectivity index (χ0v) is 20.0. The molecule has 0 radical (unpaired) electrons. The fourth-order valence-electron chi connectivity index (χ4n) is 3.54. The zero-order valence-electron chi connectivity index (χ0n) is 16.7. The molecule has 0 aliphatic carbocycles. The Morgan fingerprint density at radius 1 is 0.871 bits per heavy atom. The number of sulfonamides is 2. The molecule has 0 amide bonds. The van der Waals surface area contributed by atoms with Gasteiger partial charge in [-0.05, 0) is 79.9 Å². The first-order valence-electron chi connectivity index (χ1n) is 9.67. The van der Waals surface area contributed by atoms with Crippen molar-refractivity contribution in [3.05, 3.63) is 82.3 Å². The second-order valence-corrected chi connectivity index (χ2v) is 11.9. The molecule has 9 heteroatoms. The van der Waals surface area contributed by atoms with Gasteiger partial charge in [0.1, 0.15) is 0 Å². The van der Waals surface area contributed by atoms with Crippen LogP contribution in [0.5, 0.6) is 0 Å². The SMILES string of the molecule is Cc1ccc(S(=O)(=O)N2CCCc3cc(NS(=O)(=O)c4ccc(Br)cc4)ccc32)cc1. The average Bonchev–Trinajstić information content (AvgIpc) is 2.73. The molecule has 6 nitrogen and oxygen atoms in total. The number of rotatable bonds is 5. The van der Waals surface area contributed by atoms with E-state index < -0.39 is 20.0 Å². The Balaban J connectivity index is 1.64. The Bertz CT molecular complexity index is 1320. The number of hydrogen-bond donors (Lipinski definition) is 1. The van der Waals surface area contributed by atoms with E-state index in [0.29, 0.717) is 30.8 Å². The van der Waals surface area contributed by atoms with Gasteiger partial charge in [-0.3, -0.25) is 9.03 Å². The monoisotopic (exact) mass is 520 g/mol. The van der Waals surface area contributed by atoms with Gasteiger partial charge in [-0.25, -0.2) is 16.8 Å². The number of nitrogens with one attached hydrogen (secondary N) is 1. The zero-order chi connectivity index (χ0) is 22.2. The van der Waals surface area contributed by atoms with E-state index in [4.69, 9.17) is 0 Å². The normalized spacial score (nSPS) is 14.2. The van der Waals surface area contributed by atoms with E-state index in [1.807, 2.05) is 6.92 Å². The van der Waals surface area contributed by atoms with Crippen LogP contribution in [0.1, 0.15) is 17.5 Å². The molecular formula is C22H21BrN2O4S2. The standard InChI is InChI=1S/C22H21BrN2O4S2/c1-16-4-9-21(10-5-16)31(28,29)25-14-2-3-17-15-19(8-13-22(17)25)24-30(26,27)20-11-6-18(23)7-12-20/h4-13,15,24H,2-3,14H2,1H3. The summed E-state index contributed by atoms with van der Waals surface area (Å²) >= 11 is 3.29. The van der Waals surface area contributed by atoms with E-state index in [9.17, 15) is 16.8 Å². The fourth-order valence-corrected chi connectivity index (χ4v) is 6.40. The number of aryl methyl sites for hydroxylation is 2. The second-order valence-electron chi connectivity index (χ2n) is 7.40. The highest BCUT2D eigenvalue weighted by atomic mass is 79.9. The van der Waals surface area contributed by atoms with E-state index in [-0.39, 0.29) is 9.79 Å². The molecule has 162 valence electrons. The minimum atomic E-state index is -3.75. The maximum absolute atomic E-state index is 13.2. The molecule has 0 unspecified atom stereocenters. The summed E-state index contributed by atoms with van der Waals surface area (Å²) < 4.78 is 56.5. The van der Waals surface area contributed by atoms with Gasteiger partial charge in [-0.1, -0.05) is 33.6 Å². The van der Waals surface area contributed by atoms with Gasteiger partial charge >= 0.3 is 0 Å². The van der Waals surface area contributed by atoms with Gasteiger partial charge in [0.2, 0.25) is 0 Å². The third-order valence-electron chi connectivity index (χ3n) is 5.14. The molecule has 1 aliphatic heterocycles. The molecule has 1 heterocycles. The van der Waals surface area contributed by atoms with Crippen LogP contribution >= 0.6 is 15.9 Å². The first-order chi connectivity index (χ1) is 14.7. The highest BCUT2D eigenvalue weighted by Gasteiger charge is 2.29. The molecule has 1 aliphatic rings. The van der Waals surface area contributed by atoms with Crippen molar-refractivity contribution in [3.63, 3.8) is 0 Å². The Hall–Kier alpha value is -2.36. The molecule has 0 atom stereocenters. The van der Waals surface area contributed by atoms with Crippen molar-refractivity contribution in [2.45, 2.75) is 29.6 Å². The van der Waals surface area contributed by atoms with E-state index in [1.165, 1.54) is 16.4 Å². The Kier molecular flexibility index (Phi) is 5.85. The molecule has 0 saturated carbocycles. The summed E-state index contributed by atoms with van der Waals surface area (Å²) in [7, 11) is -7.45. The highest BCUT2D eigenvalue weighted by molar-refractivity contribution is 9.10. The van der Waals surface area contributed by atoms with Crippen LogP contribution in [-0.4, -0.2) is 23.4 Å². The summed E-state index contributed by atoms with van der Waals surface area (Å²) in [4.78, 5) is 0.392. The number of anilines is 2. The van der Waals surface area contributed by atoms with Crippen molar-refractivity contribution in [1.82, 2.24) is 0 Å². The lowest BCUT2D eigenvalue weighted by Crippen LogP contribution is -2.35. The predicted molar refractivity (Wildman–Crippen MR) is 125 cm³/mol. The van der Waals surface area contributed by atoms with Crippen molar-refractivity contribution < 1.29 is 16.8 Å². The van der Waals surface area contributed by atoms with Crippen LogP contribution < -0.4 is 9.03 Å². The summed E-state index contributed by atoms with van der Waals surface area (Å²) in [6.45, 7) is 2.29. The molecule has 4 rings (SSSR count). The Morgan fingerprint density at radius 3 is 2.19 bits per heavy atom. The molecule has 0 saturated heterocycles. The maximum atomic E-state index is 13.2. The molecule has 1 N–H and O–H groups in total. The van der Waals surface area contributed by atoms with Crippen LogP contribution in [0.4, 0.5) is 11.4 Å². The molecule has 0 aromatic heterocycles. The molecule has 0 spiro atoms. The second kappa shape index (κ2) is 8.29. The van der Waals surface area contributed by atoms with Crippen LogP contribution in [-0.2, 0) is 26.5 Å². The van der Waals surface area contributed by atoms with Crippen molar-refractivity contribution in [3.8, 4) is 0 Å². The molecule has 3 aromatic rings. The maximum Gasteiger partial charge on any atom is 0.264 e. The number of hydrogen-bond acceptors (Lipinski definition) is 4. The number of benzene rings is 3. The lowest BCUT2D eigenvalue weighted by Gasteiger charge is -2.31. The smallest absolute Gasteiger partial charge is 0.264 e. The lowest BCUT2D eigenvalue weighted by atomic mass is 10.0. The van der Waals surface area contributed by atoms with Crippen LogP contribution in [0, 0.1) is 6.92 Å². The van der Waals surface area contributed by atoms with Gasteiger partial charge in [-0.2, -0.15) is 0 Å². The molecular weight excluding hydrogens is 500 g/mol. The van der Waals surface area contributed by atoms with Crippen molar-refractivity contribution in [1.29, 1.82) is 0 Å². The van der Waals surface area contributed by atoms with E-state index in [2.05, 4.69) is 20.7 Å². The quantitative estimate of drug-likeness (QED) is 0.528. The van der Waals surface area contributed by atoms with Gasteiger partial charge in [-0.15, -0.1) is 0 Å². The van der Waals surface area contributed by atoms with Gasteiger partial charge in [0.05, 0.1) is 15.5 Å². The minimum Gasteiger partial charge on any atom is -0.280 e. The molecule has 31 heavy (non-hydrogen) atoms. The molecule has 0 bridgehead atoms. The lowest BCUT2D eigenvalue weighted by molar-refractivity contribution is 0.586. The largest absolute Gasteiger partial charge is 0.280 e. The number of fused-ring (bicyclic) bond motifs is 1. The van der Waals surface area contributed by atoms with E-state index >= 15 is 0 Å². The van der Waals surface area contributed by atoms with Crippen LogP contribution in [0.2, 0.25) is 0 Å². The summed E-state index contributed by atoms with van der Waals surface area (Å²) in [6, 6.07) is 18.1. The summed E-state index contributed by atoms with van der Waals surface area (Å²) in [5.41, 5.74) is 2.76. The summed E-state index contributed by atoms with van der Waals surface area (Å²) in [5, 5.41) is 0. The molecule has 0 fully saturated rings. The molecule has 3 aromatic carbocycles. The number of halogens is 1. The van der Waals surface area contributed by atoms with Crippen molar-refractivity contribution >= 4 is 47.4 Å². The van der Waals surface area contributed by atoms with Crippen molar-refractivity contribution in [2.75, 3.05) is 15.6 Å². The summed E-state index contributed by atoms with van der Waals surface area (Å²) in [5.74, 6) is 0. The highest BCUT2D eigenvalue weighted by Crippen LogP contribution is 2.34. The minimum absolute atomic E-state index is 0.150. The van der Waals surface area contributed by atoms with E-state index in [0.717, 1.165) is 15.6 Å². The first-order valence-corrected chi connectivity index (χ1v) is 13.4. The van der Waals surface area contributed by atoms with Crippen LogP contribution in [0.3, 0.4) is 0 Å². The summed E-state index contributed by atoms with van der Waals surface area (Å²) in [6.07, 6.45) is 1.32. The Labute approximate surface area is 191 Å². The number of nitrogens with zero attached hydrogens (tertiary/aromatic N) is 1. The average molecular weight is 521 g/mol. The van der Waals surface area contributed by atoms with E-state index in [1.54, 1.807) is 54.6 Å². The third-order valence-corrected chi connectivity index (χ3v) is 8.89. The van der Waals surface area contributed by atoms with Crippen LogP contribution in [0.15, 0.2) is 81.0 Å². The third kappa shape index (κ3) is 4.49. The van der Waals surface area contributed by atoms with Gasteiger partial charge in [0, 0.05) is 16.7 Å². The van der Waals surface area contributed by atoms with Gasteiger partial charge in [0.15, 0.2) is 0 Å². The topological polar surface area (TPSA) is 83.6 Å². The van der Waals surface area contributed by atoms with Crippen LogP contribution in [0.25, 0.3) is 0 Å². The fraction of sp³-hybridized carbons (Fsp3) is 0.182. The first kappa shape index (κ1) is 21.9. The van der Waals surface area contributed by atoms with Crippen molar-refractivity contribution in [2.24, 2.45) is 0 Å².